The van der Waals surface area contributed by atoms with Gasteiger partial charge in [0.25, 0.3) is 0 Å². The van der Waals surface area contributed by atoms with Gasteiger partial charge in [-0.05, 0) is 44.9 Å². The van der Waals surface area contributed by atoms with Crippen LogP contribution in [0.5, 0.6) is 5.75 Å². The molecule has 6 nitrogen and oxygen atoms in total. The van der Waals surface area contributed by atoms with Gasteiger partial charge in [0.15, 0.2) is 5.96 Å². The highest BCUT2D eigenvalue weighted by atomic mass is 127. The standard InChI is InChI=1S/C18H28F3N3O3S.HI/c1-17(2,3)27-14-8-7-13(15(11-14)18(19,20)21)12-24-16(22-4)23-9-6-10-28(5,25)26;/h7-8,11H,6,9-10,12H2,1-5H3,(H2,22,23,24);1H. The zero-order valence-electron chi connectivity index (χ0n) is 17.2. The summed E-state index contributed by atoms with van der Waals surface area (Å²) < 4.78 is 68.1. The minimum atomic E-state index is -4.53. The first-order valence-corrected chi connectivity index (χ1v) is 10.8. The first kappa shape index (κ1) is 27.8. The SMILES string of the molecule is CN=C(NCCCS(C)(=O)=O)NCc1ccc(OC(C)(C)C)cc1C(F)(F)F.I. The van der Waals surface area contributed by atoms with Gasteiger partial charge >= 0.3 is 6.18 Å². The lowest BCUT2D eigenvalue weighted by Gasteiger charge is -2.23. The molecule has 0 unspecified atom stereocenters. The van der Waals surface area contributed by atoms with Crippen molar-refractivity contribution < 1.29 is 26.3 Å². The van der Waals surface area contributed by atoms with Crippen LogP contribution in [0.1, 0.15) is 38.3 Å². The predicted molar refractivity (Wildman–Crippen MR) is 120 cm³/mol. The maximum Gasteiger partial charge on any atom is 0.416 e. The number of hydrogen-bond acceptors (Lipinski definition) is 4. The monoisotopic (exact) mass is 551 g/mol. The minimum absolute atomic E-state index is 0. The Balaban J connectivity index is 0.00000784. The molecule has 0 aliphatic carbocycles. The van der Waals surface area contributed by atoms with E-state index in [4.69, 9.17) is 4.74 Å². The van der Waals surface area contributed by atoms with Crippen LogP contribution >= 0.6 is 24.0 Å². The van der Waals surface area contributed by atoms with Gasteiger partial charge < -0.3 is 15.4 Å². The van der Waals surface area contributed by atoms with Crippen molar-refractivity contribution >= 4 is 39.8 Å². The number of hydrogen-bond donors (Lipinski definition) is 2. The Bertz CT molecular complexity index is 792. The Kier molecular flexibility index (Phi) is 10.8. The van der Waals surface area contributed by atoms with Gasteiger partial charge in [-0.3, -0.25) is 4.99 Å². The lowest BCUT2D eigenvalue weighted by atomic mass is 10.1. The van der Waals surface area contributed by atoms with Crippen LogP contribution in [0.4, 0.5) is 13.2 Å². The van der Waals surface area contributed by atoms with Crippen LogP contribution in [0.2, 0.25) is 0 Å². The van der Waals surface area contributed by atoms with Gasteiger partial charge in [0.1, 0.15) is 21.2 Å². The topological polar surface area (TPSA) is 79.8 Å². The number of nitrogens with zero attached hydrogens (tertiary/aromatic N) is 1. The number of aliphatic imine (C=N–C) groups is 1. The van der Waals surface area contributed by atoms with Gasteiger partial charge in [-0.15, -0.1) is 24.0 Å². The normalized spacial score (nSPS) is 12.9. The summed E-state index contributed by atoms with van der Waals surface area (Å²) in [6.45, 7) is 5.51. The molecule has 0 aliphatic rings. The summed E-state index contributed by atoms with van der Waals surface area (Å²) in [5.41, 5.74) is -1.34. The molecule has 1 aromatic carbocycles. The van der Waals surface area contributed by atoms with Crippen molar-refractivity contribution in [3.63, 3.8) is 0 Å². The van der Waals surface area contributed by atoms with E-state index < -0.39 is 27.2 Å². The highest BCUT2D eigenvalue weighted by molar-refractivity contribution is 14.0. The predicted octanol–water partition coefficient (Wildman–Crippen LogP) is 3.60. The fourth-order valence-corrected chi connectivity index (χ4v) is 3.00. The van der Waals surface area contributed by atoms with E-state index in [-0.39, 0.29) is 53.5 Å². The summed E-state index contributed by atoms with van der Waals surface area (Å²) in [6, 6.07) is 3.86. The molecule has 0 atom stereocenters. The molecule has 1 rings (SSSR count). The Morgan fingerprint density at radius 3 is 2.28 bits per heavy atom. The van der Waals surface area contributed by atoms with Crippen LogP contribution in [0.3, 0.4) is 0 Å². The molecule has 11 heteroatoms. The summed E-state index contributed by atoms with van der Waals surface area (Å²) in [6.07, 6.45) is -3.02. The van der Waals surface area contributed by atoms with Crippen LogP contribution in [0, 0.1) is 0 Å². The molecular formula is C18H29F3IN3O3S. The fraction of sp³-hybridized carbons (Fsp3) is 0.611. The lowest BCUT2D eigenvalue weighted by Crippen LogP contribution is -2.38. The van der Waals surface area contributed by atoms with E-state index >= 15 is 0 Å². The molecule has 0 heterocycles. The van der Waals surface area contributed by atoms with Crippen molar-refractivity contribution in [2.75, 3.05) is 25.6 Å². The van der Waals surface area contributed by atoms with Crippen LogP contribution < -0.4 is 15.4 Å². The highest BCUT2D eigenvalue weighted by Gasteiger charge is 2.34. The third-order valence-corrected chi connectivity index (χ3v) is 4.50. The number of rotatable bonds is 7. The van der Waals surface area contributed by atoms with E-state index in [1.807, 2.05) is 0 Å². The number of ether oxygens (including phenoxy) is 1. The highest BCUT2D eigenvalue weighted by Crippen LogP contribution is 2.35. The van der Waals surface area contributed by atoms with E-state index in [0.29, 0.717) is 13.0 Å². The molecule has 0 radical (unpaired) electrons. The summed E-state index contributed by atoms with van der Waals surface area (Å²) in [4.78, 5) is 3.93. The third kappa shape index (κ3) is 11.5. The van der Waals surface area contributed by atoms with Crippen molar-refractivity contribution in [2.45, 2.75) is 45.5 Å². The number of benzene rings is 1. The van der Waals surface area contributed by atoms with E-state index in [1.165, 1.54) is 19.2 Å². The number of alkyl halides is 3. The van der Waals surface area contributed by atoms with Gasteiger partial charge in [-0.2, -0.15) is 13.2 Å². The fourth-order valence-electron chi connectivity index (χ4n) is 2.33. The molecule has 0 aromatic heterocycles. The molecule has 0 bridgehead atoms. The molecule has 29 heavy (non-hydrogen) atoms. The maximum atomic E-state index is 13.4. The second-order valence-corrected chi connectivity index (χ2v) is 9.63. The Morgan fingerprint density at radius 2 is 1.79 bits per heavy atom. The van der Waals surface area contributed by atoms with Crippen LogP contribution in [0.15, 0.2) is 23.2 Å². The summed E-state index contributed by atoms with van der Waals surface area (Å²) in [5.74, 6) is 0.452. The van der Waals surface area contributed by atoms with E-state index in [1.54, 1.807) is 20.8 Å². The van der Waals surface area contributed by atoms with Crippen molar-refractivity contribution in [1.29, 1.82) is 0 Å². The summed E-state index contributed by atoms with van der Waals surface area (Å²) in [7, 11) is -1.58. The molecular weight excluding hydrogens is 522 g/mol. The number of halogens is 4. The maximum absolute atomic E-state index is 13.4. The minimum Gasteiger partial charge on any atom is -0.488 e. The Morgan fingerprint density at radius 1 is 1.17 bits per heavy atom. The van der Waals surface area contributed by atoms with Crippen molar-refractivity contribution in [2.24, 2.45) is 4.99 Å². The van der Waals surface area contributed by atoms with Crippen LogP contribution in [0.25, 0.3) is 0 Å². The molecule has 0 saturated heterocycles. The average Bonchev–Trinajstić information content (AvgIpc) is 2.51. The summed E-state index contributed by atoms with van der Waals surface area (Å²) in [5, 5.41) is 5.69. The molecule has 1 aromatic rings. The van der Waals surface area contributed by atoms with Crippen LogP contribution in [-0.2, 0) is 22.6 Å². The zero-order valence-corrected chi connectivity index (χ0v) is 20.3. The second-order valence-electron chi connectivity index (χ2n) is 7.37. The first-order chi connectivity index (χ1) is 12.7. The van der Waals surface area contributed by atoms with Gasteiger partial charge in [0, 0.05) is 26.4 Å². The van der Waals surface area contributed by atoms with E-state index in [9.17, 15) is 21.6 Å². The molecule has 0 fully saturated rings. The number of nitrogens with one attached hydrogen (secondary N) is 2. The smallest absolute Gasteiger partial charge is 0.416 e. The Labute approximate surface area is 187 Å². The first-order valence-electron chi connectivity index (χ1n) is 8.72. The van der Waals surface area contributed by atoms with Gasteiger partial charge in [-0.1, -0.05) is 6.07 Å². The summed E-state index contributed by atoms with van der Waals surface area (Å²) >= 11 is 0. The molecule has 0 spiro atoms. The van der Waals surface area contributed by atoms with E-state index in [0.717, 1.165) is 12.3 Å². The molecule has 0 amide bonds. The van der Waals surface area contributed by atoms with Crippen molar-refractivity contribution in [3.8, 4) is 5.75 Å². The average molecular weight is 551 g/mol. The van der Waals surface area contributed by atoms with E-state index in [2.05, 4.69) is 15.6 Å². The van der Waals surface area contributed by atoms with Crippen molar-refractivity contribution in [1.82, 2.24) is 10.6 Å². The molecule has 168 valence electrons. The molecule has 0 aliphatic heterocycles. The quantitative estimate of drug-likeness (QED) is 0.235. The third-order valence-electron chi connectivity index (χ3n) is 3.47. The lowest BCUT2D eigenvalue weighted by molar-refractivity contribution is -0.138. The molecule has 2 N–H and O–H groups in total. The van der Waals surface area contributed by atoms with Gasteiger partial charge in [-0.25, -0.2) is 8.42 Å². The second kappa shape index (κ2) is 11.2. The van der Waals surface area contributed by atoms with Gasteiger partial charge in [0.2, 0.25) is 0 Å². The Hall–Kier alpha value is -1.24. The van der Waals surface area contributed by atoms with Crippen LogP contribution in [-0.4, -0.2) is 45.6 Å². The zero-order chi connectivity index (χ0) is 21.6. The largest absolute Gasteiger partial charge is 0.488 e. The van der Waals surface area contributed by atoms with Crippen molar-refractivity contribution in [3.05, 3.63) is 29.3 Å². The van der Waals surface area contributed by atoms with Gasteiger partial charge in [0.05, 0.1) is 11.3 Å². The molecule has 0 saturated carbocycles. The number of sulfone groups is 1. The number of guanidine groups is 1.